The number of benzene rings is 1. The van der Waals surface area contributed by atoms with Gasteiger partial charge in [0.25, 0.3) is 0 Å². The fourth-order valence-corrected chi connectivity index (χ4v) is 4.25. The van der Waals surface area contributed by atoms with Crippen LogP contribution >= 0.6 is 15.9 Å². The number of hydrogen-bond acceptors (Lipinski definition) is 3. The van der Waals surface area contributed by atoms with Gasteiger partial charge in [-0.2, -0.15) is 0 Å². The average Bonchev–Trinajstić information content (AvgIpc) is 2.32. The predicted octanol–water partition coefficient (Wildman–Crippen LogP) is 3.03. The molecule has 2 rings (SSSR count). The van der Waals surface area contributed by atoms with E-state index in [0.717, 1.165) is 25.7 Å². The predicted molar refractivity (Wildman–Crippen MR) is 80.4 cm³/mol. The Morgan fingerprint density at radius 1 is 1.26 bits per heavy atom. The molecule has 1 aliphatic rings. The first-order valence-corrected chi connectivity index (χ1v) is 8.69. The summed E-state index contributed by atoms with van der Waals surface area (Å²) in [5.74, 6) is 0. The molecule has 0 aromatic heterocycles. The Hall–Kier alpha value is -0.590. The van der Waals surface area contributed by atoms with Gasteiger partial charge in [0.1, 0.15) is 0 Å². The molecular formula is C13H19BrN2O2S. The fourth-order valence-electron chi connectivity index (χ4n) is 2.51. The molecule has 0 unspecified atom stereocenters. The normalized spacial score (nSPS) is 19.3. The van der Waals surface area contributed by atoms with Crippen LogP contribution in [0.4, 0.5) is 5.69 Å². The number of nitrogens with one attached hydrogen (secondary N) is 1. The maximum atomic E-state index is 12.4. The van der Waals surface area contributed by atoms with Gasteiger partial charge in [0, 0.05) is 15.7 Å². The summed E-state index contributed by atoms with van der Waals surface area (Å²) < 4.78 is 28.3. The number of anilines is 1. The minimum absolute atomic E-state index is 0.222. The molecule has 1 aromatic carbocycles. The molecule has 0 heterocycles. The number of nitrogen functional groups attached to an aromatic ring is 1. The van der Waals surface area contributed by atoms with E-state index in [4.69, 9.17) is 5.73 Å². The summed E-state index contributed by atoms with van der Waals surface area (Å²) in [5, 5.41) is 0. The number of hydrogen-bond donors (Lipinski definition) is 2. The Labute approximate surface area is 122 Å². The zero-order valence-electron chi connectivity index (χ0n) is 10.9. The van der Waals surface area contributed by atoms with Crippen molar-refractivity contribution in [2.45, 2.75) is 49.5 Å². The van der Waals surface area contributed by atoms with E-state index >= 15 is 0 Å². The molecule has 0 amide bonds. The van der Waals surface area contributed by atoms with Crippen molar-refractivity contribution in [3.8, 4) is 0 Å². The largest absolute Gasteiger partial charge is 0.398 e. The van der Waals surface area contributed by atoms with Gasteiger partial charge in [-0.25, -0.2) is 13.1 Å². The maximum absolute atomic E-state index is 12.4. The third kappa shape index (κ3) is 3.49. The summed E-state index contributed by atoms with van der Waals surface area (Å²) >= 11 is 3.26. The highest BCUT2D eigenvalue weighted by Gasteiger charge is 2.32. The highest BCUT2D eigenvalue weighted by atomic mass is 79.9. The van der Waals surface area contributed by atoms with Crippen molar-refractivity contribution in [1.29, 1.82) is 0 Å². The summed E-state index contributed by atoms with van der Waals surface area (Å²) in [5.41, 5.74) is 5.84. The third-order valence-electron chi connectivity index (χ3n) is 3.62. The smallest absolute Gasteiger partial charge is 0.241 e. The SMILES string of the molecule is CC1(NS(=O)(=O)c2ccc(Br)c(N)c2)CCCCC1. The Morgan fingerprint density at radius 3 is 2.47 bits per heavy atom. The molecule has 0 saturated heterocycles. The molecule has 0 spiro atoms. The second-order valence-electron chi connectivity index (χ2n) is 5.41. The van der Waals surface area contributed by atoms with Crippen LogP contribution in [-0.2, 0) is 10.0 Å². The summed E-state index contributed by atoms with van der Waals surface area (Å²) in [6.07, 6.45) is 5.10. The van der Waals surface area contributed by atoms with Crippen molar-refractivity contribution >= 4 is 31.6 Å². The second-order valence-corrected chi connectivity index (χ2v) is 7.95. The van der Waals surface area contributed by atoms with E-state index in [-0.39, 0.29) is 10.4 Å². The average molecular weight is 347 g/mol. The van der Waals surface area contributed by atoms with Crippen LogP contribution in [0, 0.1) is 0 Å². The van der Waals surface area contributed by atoms with Crippen LogP contribution in [0.5, 0.6) is 0 Å². The molecule has 0 bridgehead atoms. The zero-order chi connectivity index (χ0) is 14.1. The molecule has 0 radical (unpaired) electrons. The van der Waals surface area contributed by atoms with Crippen LogP contribution in [0.1, 0.15) is 39.0 Å². The molecule has 6 heteroatoms. The molecule has 19 heavy (non-hydrogen) atoms. The van der Waals surface area contributed by atoms with Gasteiger partial charge >= 0.3 is 0 Å². The lowest BCUT2D eigenvalue weighted by atomic mass is 9.84. The lowest BCUT2D eigenvalue weighted by Crippen LogP contribution is -2.47. The van der Waals surface area contributed by atoms with Crippen molar-refractivity contribution in [2.75, 3.05) is 5.73 Å². The lowest BCUT2D eigenvalue weighted by molar-refractivity contribution is 0.294. The molecule has 4 nitrogen and oxygen atoms in total. The minimum Gasteiger partial charge on any atom is -0.398 e. The van der Waals surface area contributed by atoms with E-state index in [1.54, 1.807) is 12.1 Å². The highest BCUT2D eigenvalue weighted by Crippen LogP contribution is 2.30. The Kier molecular flexibility index (Phi) is 4.23. The minimum atomic E-state index is -3.51. The highest BCUT2D eigenvalue weighted by molar-refractivity contribution is 9.10. The van der Waals surface area contributed by atoms with Gasteiger partial charge in [-0.1, -0.05) is 19.3 Å². The quantitative estimate of drug-likeness (QED) is 0.826. The van der Waals surface area contributed by atoms with Crippen molar-refractivity contribution in [3.05, 3.63) is 22.7 Å². The van der Waals surface area contributed by atoms with Crippen LogP contribution < -0.4 is 10.5 Å². The van der Waals surface area contributed by atoms with E-state index in [1.807, 2.05) is 6.92 Å². The first-order chi connectivity index (χ1) is 8.82. The van der Waals surface area contributed by atoms with Gasteiger partial charge in [-0.05, 0) is 53.9 Å². The Balaban J connectivity index is 2.24. The van der Waals surface area contributed by atoms with Gasteiger partial charge in [0.15, 0.2) is 0 Å². The van der Waals surface area contributed by atoms with Gasteiger partial charge in [0.2, 0.25) is 10.0 Å². The first kappa shape index (κ1) is 14.8. The van der Waals surface area contributed by atoms with Crippen LogP contribution in [0.3, 0.4) is 0 Å². The van der Waals surface area contributed by atoms with E-state index in [9.17, 15) is 8.42 Å². The lowest BCUT2D eigenvalue weighted by Gasteiger charge is -2.34. The molecule has 3 N–H and O–H groups in total. The maximum Gasteiger partial charge on any atom is 0.241 e. The Bertz CT molecular complexity index is 566. The molecule has 106 valence electrons. The third-order valence-corrected chi connectivity index (χ3v) is 5.97. The molecule has 1 aromatic rings. The van der Waals surface area contributed by atoms with Crippen LogP contribution in [0.25, 0.3) is 0 Å². The summed E-state index contributed by atoms with van der Waals surface area (Å²) in [4.78, 5) is 0.222. The summed E-state index contributed by atoms with van der Waals surface area (Å²) in [6, 6.07) is 4.71. The topological polar surface area (TPSA) is 72.2 Å². The van der Waals surface area contributed by atoms with Gasteiger partial charge in [-0.15, -0.1) is 0 Å². The van der Waals surface area contributed by atoms with Crippen LogP contribution in [-0.4, -0.2) is 14.0 Å². The monoisotopic (exact) mass is 346 g/mol. The fraction of sp³-hybridized carbons (Fsp3) is 0.538. The van der Waals surface area contributed by atoms with Crippen molar-refractivity contribution in [3.63, 3.8) is 0 Å². The van der Waals surface area contributed by atoms with E-state index in [0.29, 0.717) is 10.2 Å². The number of rotatable bonds is 3. The molecule has 1 saturated carbocycles. The standard InChI is InChI=1S/C13H19BrN2O2S/c1-13(7-3-2-4-8-13)16-19(17,18)10-5-6-11(14)12(15)9-10/h5-6,9,16H,2-4,7-8,15H2,1H3. The van der Waals surface area contributed by atoms with Gasteiger partial charge < -0.3 is 5.73 Å². The van der Waals surface area contributed by atoms with Crippen molar-refractivity contribution < 1.29 is 8.42 Å². The molecule has 1 fully saturated rings. The van der Waals surface area contributed by atoms with E-state index in [2.05, 4.69) is 20.7 Å². The first-order valence-electron chi connectivity index (χ1n) is 6.41. The summed E-state index contributed by atoms with van der Waals surface area (Å²) in [7, 11) is -3.51. The summed E-state index contributed by atoms with van der Waals surface area (Å²) in [6.45, 7) is 1.98. The number of halogens is 1. The molecular weight excluding hydrogens is 328 g/mol. The second kappa shape index (κ2) is 5.42. The van der Waals surface area contributed by atoms with Crippen molar-refractivity contribution in [1.82, 2.24) is 4.72 Å². The van der Waals surface area contributed by atoms with Gasteiger partial charge in [0.05, 0.1) is 4.90 Å². The van der Waals surface area contributed by atoms with E-state index in [1.165, 1.54) is 12.5 Å². The van der Waals surface area contributed by atoms with E-state index < -0.39 is 10.0 Å². The van der Waals surface area contributed by atoms with Crippen LogP contribution in [0.15, 0.2) is 27.6 Å². The Morgan fingerprint density at radius 2 is 1.89 bits per heavy atom. The molecule has 1 aliphatic carbocycles. The molecule has 0 aliphatic heterocycles. The zero-order valence-corrected chi connectivity index (χ0v) is 13.4. The van der Waals surface area contributed by atoms with Gasteiger partial charge in [-0.3, -0.25) is 0 Å². The number of nitrogens with two attached hydrogens (primary N) is 1. The van der Waals surface area contributed by atoms with Crippen LogP contribution in [0.2, 0.25) is 0 Å². The van der Waals surface area contributed by atoms with Crippen molar-refractivity contribution in [2.24, 2.45) is 0 Å². The molecule has 0 atom stereocenters. The number of sulfonamides is 1.